The third-order valence-electron chi connectivity index (χ3n) is 5.07. The van der Waals surface area contributed by atoms with Crippen molar-refractivity contribution in [2.75, 3.05) is 6.54 Å². The number of aromatic nitrogens is 2. The predicted molar refractivity (Wildman–Crippen MR) is 103 cm³/mol. The molecule has 0 spiro atoms. The second-order valence-electron chi connectivity index (χ2n) is 6.73. The van der Waals surface area contributed by atoms with E-state index < -0.39 is 0 Å². The highest BCUT2D eigenvalue weighted by Gasteiger charge is 2.20. The van der Waals surface area contributed by atoms with Gasteiger partial charge in [-0.15, -0.1) is 0 Å². The molecule has 2 aromatic carbocycles. The van der Waals surface area contributed by atoms with Crippen LogP contribution in [0.25, 0.3) is 22.2 Å². The summed E-state index contributed by atoms with van der Waals surface area (Å²) >= 11 is 0. The van der Waals surface area contributed by atoms with Gasteiger partial charge in [0.15, 0.2) is 0 Å². The van der Waals surface area contributed by atoms with Crippen LogP contribution in [-0.2, 0) is 13.1 Å². The Balaban J connectivity index is 1.57. The third-order valence-corrected chi connectivity index (χ3v) is 5.07. The van der Waals surface area contributed by atoms with Gasteiger partial charge in [0.05, 0.1) is 11.1 Å². The number of para-hydroxylation sites is 1. The van der Waals surface area contributed by atoms with E-state index in [2.05, 4.69) is 63.2 Å². The third kappa shape index (κ3) is 2.42. The van der Waals surface area contributed by atoms with Gasteiger partial charge in [-0.05, 0) is 35.4 Å². The van der Waals surface area contributed by atoms with E-state index in [1.165, 1.54) is 11.1 Å². The van der Waals surface area contributed by atoms with Crippen LogP contribution in [0, 0.1) is 0 Å². The standard InChI is InChI=1S/C22H19N3O/c26-22-19-5-3-4-18-14-20(25(21(18)19)13-10-23-22)17-8-6-16(7-9-17)15-24-11-1-2-12-24/h1-9,11-12,14H,10,13,15H2,(H,23,26). The number of amides is 1. The molecule has 1 amide bonds. The van der Waals surface area contributed by atoms with E-state index >= 15 is 0 Å². The second kappa shape index (κ2) is 5.92. The first-order valence-electron chi connectivity index (χ1n) is 8.90. The molecule has 0 aliphatic carbocycles. The van der Waals surface area contributed by atoms with Crippen LogP contribution < -0.4 is 5.32 Å². The summed E-state index contributed by atoms with van der Waals surface area (Å²) in [6.07, 6.45) is 4.15. The number of carbonyl (C=O) groups is 1. The number of hydrogen-bond acceptors (Lipinski definition) is 1. The van der Waals surface area contributed by atoms with E-state index in [1.807, 2.05) is 24.3 Å². The van der Waals surface area contributed by atoms with Crippen LogP contribution in [0.1, 0.15) is 15.9 Å². The number of rotatable bonds is 3. The zero-order chi connectivity index (χ0) is 17.5. The van der Waals surface area contributed by atoms with Gasteiger partial charge in [-0.3, -0.25) is 4.79 Å². The second-order valence-corrected chi connectivity index (χ2v) is 6.73. The summed E-state index contributed by atoms with van der Waals surface area (Å²) in [5, 5.41) is 4.10. The summed E-state index contributed by atoms with van der Waals surface area (Å²) in [6, 6.07) is 20.9. The maximum absolute atomic E-state index is 12.3. The van der Waals surface area contributed by atoms with Crippen LogP contribution in [0.5, 0.6) is 0 Å². The number of nitrogens with zero attached hydrogens (tertiary/aromatic N) is 2. The minimum Gasteiger partial charge on any atom is -0.350 e. The van der Waals surface area contributed by atoms with Gasteiger partial charge in [0.1, 0.15) is 0 Å². The maximum atomic E-state index is 12.3. The van der Waals surface area contributed by atoms with E-state index in [0.717, 1.165) is 35.2 Å². The molecular formula is C22H19N3O. The van der Waals surface area contributed by atoms with Gasteiger partial charge in [-0.1, -0.05) is 36.4 Å². The Morgan fingerprint density at radius 2 is 1.77 bits per heavy atom. The first-order valence-corrected chi connectivity index (χ1v) is 8.90. The number of nitrogens with one attached hydrogen (secondary N) is 1. The molecule has 0 atom stereocenters. The van der Waals surface area contributed by atoms with E-state index in [4.69, 9.17) is 0 Å². The van der Waals surface area contributed by atoms with Crippen LogP contribution in [0.3, 0.4) is 0 Å². The average molecular weight is 341 g/mol. The molecule has 5 rings (SSSR count). The topological polar surface area (TPSA) is 39.0 Å². The van der Waals surface area contributed by atoms with Gasteiger partial charge in [-0.25, -0.2) is 0 Å². The van der Waals surface area contributed by atoms with E-state index in [0.29, 0.717) is 6.54 Å². The molecule has 0 bridgehead atoms. The van der Waals surface area contributed by atoms with Crippen molar-refractivity contribution in [2.24, 2.45) is 0 Å². The molecule has 3 heterocycles. The molecule has 0 radical (unpaired) electrons. The smallest absolute Gasteiger partial charge is 0.253 e. The molecule has 128 valence electrons. The van der Waals surface area contributed by atoms with Gasteiger partial charge in [0.2, 0.25) is 0 Å². The van der Waals surface area contributed by atoms with Crippen LogP contribution >= 0.6 is 0 Å². The first-order chi connectivity index (χ1) is 12.8. The Kier molecular flexibility index (Phi) is 3.42. The minimum atomic E-state index is 0.0149. The van der Waals surface area contributed by atoms with Crippen molar-refractivity contribution in [1.82, 2.24) is 14.5 Å². The molecule has 1 N–H and O–H groups in total. The molecule has 0 saturated carbocycles. The fourth-order valence-electron chi connectivity index (χ4n) is 3.82. The Bertz CT molecular complexity index is 1090. The quantitative estimate of drug-likeness (QED) is 0.603. The SMILES string of the molecule is O=C1NCCn2c(-c3ccc(Cn4cccc4)cc3)cc3cccc1c32. The summed E-state index contributed by atoms with van der Waals surface area (Å²) in [5.41, 5.74) is 5.41. The summed E-state index contributed by atoms with van der Waals surface area (Å²) in [4.78, 5) is 12.3. The monoisotopic (exact) mass is 341 g/mol. The van der Waals surface area contributed by atoms with Crippen LogP contribution in [0.4, 0.5) is 0 Å². The molecule has 1 aliphatic rings. The molecule has 4 nitrogen and oxygen atoms in total. The zero-order valence-electron chi connectivity index (χ0n) is 14.4. The molecule has 0 unspecified atom stereocenters. The number of benzene rings is 2. The van der Waals surface area contributed by atoms with Crippen molar-refractivity contribution in [3.8, 4) is 11.3 Å². The van der Waals surface area contributed by atoms with Gasteiger partial charge < -0.3 is 14.5 Å². The highest BCUT2D eigenvalue weighted by atomic mass is 16.1. The highest BCUT2D eigenvalue weighted by molar-refractivity contribution is 6.07. The van der Waals surface area contributed by atoms with E-state index in [-0.39, 0.29) is 5.91 Å². The summed E-state index contributed by atoms with van der Waals surface area (Å²) in [5.74, 6) is 0.0149. The molecule has 0 fully saturated rings. The average Bonchev–Trinajstić information content (AvgIpc) is 3.26. The number of hydrogen-bond donors (Lipinski definition) is 1. The lowest BCUT2D eigenvalue weighted by atomic mass is 10.1. The van der Waals surface area contributed by atoms with Crippen molar-refractivity contribution in [1.29, 1.82) is 0 Å². The van der Waals surface area contributed by atoms with E-state index in [1.54, 1.807) is 0 Å². The van der Waals surface area contributed by atoms with Crippen molar-refractivity contribution >= 4 is 16.8 Å². The van der Waals surface area contributed by atoms with Gasteiger partial charge in [0, 0.05) is 43.1 Å². The molecule has 26 heavy (non-hydrogen) atoms. The summed E-state index contributed by atoms with van der Waals surface area (Å²) < 4.78 is 4.43. The molecule has 2 aromatic heterocycles. The molecule has 4 heteroatoms. The molecular weight excluding hydrogens is 322 g/mol. The highest BCUT2D eigenvalue weighted by Crippen LogP contribution is 2.31. The van der Waals surface area contributed by atoms with Gasteiger partial charge in [0.25, 0.3) is 5.91 Å². The Hall–Kier alpha value is -3.27. The van der Waals surface area contributed by atoms with Crippen LogP contribution in [0.15, 0.2) is 73.1 Å². The molecule has 1 aliphatic heterocycles. The largest absolute Gasteiger partial charge is 0.350 e. The van der Waals surface area contributed by atoms with Crippen LogP contribution in [-0.4, -0.2) is 21.6 Å². The van der Waals surface area contributed by atoms with Gasteiger partial charge in [-0.2, -0.15) is 0 Å². The lowest BCUT2D eigenvalue weighted by molar-refractivity contribution is 0.0956. The summed E-state index contributed by atoms with van der Waals surface area (Å²) in [7, 11) is 0. The first kappa shape index (κ1) is 15.0. The lowest BCUT2D eigenvalue weighted by Gasteiger charge is -2.10. The Morgan fingerprint density at radius 3 is 2.58 bits per heavy atom. The van der Waals surface area contributed by atoms with Crippen molar-refractivity contribution in [3.63, 3.8) is 0 Å². The predicted octanol–water partition coefficient (Wildman–Crippen LogP) is 3.90. The minimum absolute atomic E-state index is 0.0149. The summed E-state index contributed by atoms with van der Waals surface area (Å²) in [6.45, 7) is 2.31. The van der Waals surface area contributed by atoms with Crippen LogP contribution in [0.2, 0.25) is 0 Å². The maximum Gasteiger partial charge on any atom is 0.253 e. The Labute approximate surface area is 151 Å². The Morgan fingerprint density at radius 1 is 0.962 bits per heavy atom. The van der Waals surface area contributed by atoms with Gasteiger partial charge >= 0.3 is 0 Å². The lowest BCUT2D eigenvalue weighted by Crippen LogP contribution is -2.24. The fraction of sp³-hybridized carbons (Fsp3) is 0.136. The zero-order valence-corrected chi connectivity index (χ0v) is 14.4. The molecule has 4 aromatic rings. The fourth-order valence-corrected chi connectivity index (χ4v) is 3.82. The van der Waals surface area contributed by atoms with Crippen molar-refractivity contribution in [3.05, 3.63) is 84.2 Å². The van der Waals surface area contributed by atoms with E-state index in [9.17, 15) is 4.79 Å². The van der Waals surface area contributed by atoms with Crippen molar-refractivity contribution < 1.29 is 4.79 Å². The molecule has 0 saturated heterocycles. The number of carbonyl (C=O) groups excluding carboxylic acids is 1. The normalized spacial score (nSPS) is 13.6. The van der Waals surface area contributed by atoms with Crippen molar-refractivity contribution in [2.45, 2.75) is 13.1 Å².